The summed E-state index contributed by atoms with van der Waals surface area (Å²) >= 11 is 0. The third-order valence-corrected chi connectivity index (χ3v) is 5.99. The van der Waals surface area contributed by atoms with Crippen molar-refractivity contribution >= 4 is 18.0 Å². The molecular formula is C18H18N2O3. The molecule has 0 radical (unpaired) electrons. The van der Waals surface area contributed by atoms with Crippen molar-refractivity contribution in [3.05, 3.63) is 34.9 Å². The zero-order chi connectivity index (χ0) is 15.7. The van der Waals surface area contributed by atoms with Gasteiger partial charge in [-0.05, 0) is 48.4 Å². The second kappa shape index (κ2) is 4.16. The summed E-state index contributed by atoms with van der Waals surface area (Å²) in [6.07, 6.45) is 8.57. The third-order valence-electron chi connectivity index (χ3n) is 5.99. The SMILES string of the molecule is O=C1NC(=O)C2(CCC3(C=Cc4cc5c(cc43)CCO5)CC2)N1. The summed E-state index contributed by atoms with van der Waals surface area (Å²) in [6.45, 7) is 0.768. The Morgan fingerprint density at radius 3 is 2.65 bits per heavy atom. The highest BCUT2D eigenvalue weighted by molar-refractivity contribution is 6.07. The van der Waals surface area contributed by atoms with Crippen LogP contribution in [0.15, 0.2) is 18.2 Å². The number of imide groups is 1. The molecule has 23 heavy (non-hydrogen) atoms. The van der Waals surface area contributed by atoms with Crippen molar-refractivity contribution in [3.8, 4) is 5.75 Å². The Hall–Kier alpha value is -2.30. The van der Waals surface area contributed by atoms with Gasteiger partial charge in [-0.15, -0.1) is 0 Å². The molecule has 0 atom stereocenters. The molecule has 1 aromatic carbocycles. The highest BCUT2D eigenvalue weighted by Crippen LogP contribution is 2.50. The zero-order valence-corrected chi connectivity index (χ0v) is 12.8. The van der Waals surface area contributed by atoms with Gasteiger partial charge in [-0.2, -0.15) is 0 Å². The number of nitrogens with one attached hydrogen (secondary N) is 2. The Balaban J connectivity index is 1.48. The fraction of sp³-hybridized carbons (Fsp3) is 0.444. The minimum Gasteiger partial charge on any atom is -0.493 e. The number of hydrogen-bond acceptors (Lipinski definition) is 3. The molecule has 2 spiro atoms. The number of carbonyl (C=O) groups excluding carboxylic acids is 2. The molecule has 0 bridgehead atoms. The van der Waals surface area contributed by atoms with Crippen molar-refractivity contribution < 1.29 is 14.3 Å². The van der Waals surface area contributed by atoms with E-state index in [1.807, 2.05) is 0 Å². The third kappa shape index (κ3) is 1.68. The van der Waals surface area contributed by atoms with Crippen LogP contribution in [0.2, 0.25) is 0 Å². The molecule has 2 N–H and O–H groups in total. The maximum atomic E-state index is 12.1. The van der Waals surface area contributed by atoms with E-state index in [9.17, 15) is 9.59 Å². The number of carbonyl (C=O) groups is 2. The first-order chi connectivity index (χ1) is 11.1. The lowest BCUT2D eigenvalue weighted by atomic mass is 9.65. The standard InChI is InChI=1S/C18H18N2O3/c21-15-18(20-16(22)19-15)6-4-17(5-7-18)3-1-11-10-14-12(2-8-23-14)9-13(11)17/h1,3,9-10H,2,4-8H2,(H2,19,20,21,22). The van der Waals surface area contributed by atoms with Crippen molar-refractivity contribution in [1.82, 2.24) is 10.6 Å². The first-order valence-corrected chi connectivity index (χ1v) is 8.23. The molecule has 5 heteroatoms. The van der Waals surface area contributed by atoms with Crippen LogP contribution in [0.4, 0.5) is 4.79 Å². The minimum atomic E-state index is -0.696. The quantitative estimate of drug-likeness (QED) is 0.721. The van der Waals surface area contributed by atoms with E-state index in [1.54, 1.807) is 0 Å². The van der Waals surface area contributed by atoms with Gasteiger partial charge in [0.1, 0.15) is 11.3 Å². The van der Waals surface area contributed by atoms with Gasteiger partial charge >= 0.3 is 6.03 Å². The molecule has 5 nitrogen and oxygen atoms in total. The van der Waals surface area contributed by atoms with E-state index in [0.717, 1.165) is 31.6 Å². The van der Waals surface area contributed by atoms with Gasteiger partial charge in [0.05, 0.1) is 6.61 Å². The number of ether oxygens (including phenoxy) is 1. The van der Waals surface area contributed by atoms with Crippen molar-refractivity contribution in [2.24, 2.45) is 0 Å². The van der Waals surface area contributed by atoms with Crippen molar-refractivity contribution in [1.29, 1.82) is 0 Å². The maximum Gasteiger partial charge on any atom is 0.322 e. The summed E-state index contributed by atoms with van der Waals surface area (Å²) in [5.74, 6) is 0.849. The van der Waals surface area contributed by atoms with Crippen LogP contribution in [0.25, 0.3) is 6.08 Å². The molecule has 5 rings (SSSR count). The Labute approximate surface area is 134 Å². The second-order valence-electron chi connectivity index (χ2n) is 7.13. The highest BCUT2D eigenvalue weighted by Gasteiger charge is 2.52. The highest BCUT2D eigenvalue weighted by atomic mass is 16.5. The summed E-state index contributed by atoms with van der Waals surface area (Å²) in [5.41, 5.74) is 3.20. The van der Waals surface area contributed by atoms with Gasteiger partial charge in [0.25, 0.3) is 5.91 Å². The first-order valence-electron chi connectivity index (χ1n) is 8.23. The Morgan fingerprint density at radius 2 is 1.91 bits per heavy atom. The van der Waals surface area contributed by atoms with Gasteiger partial charge < -0.3 is 10.1 Å². The van der Waals surface area contributed by atoms with E-state index in [1.165, 1.54) is 16.7 Å². The van der Waals surface area contributed by atoms with Gasteiger partial charge in [0, 0.05) is 11.8 Å². The number of amides is 3. The monoisotopic (exact) mass is 310 g/mol. The van der Waals surface area contributed by atoms with E-state index in [2.05, 4.69) is 34.9 Å². The fourth-order valence-corrected chi connectivity index (χ4v) is 4.59. The topological polar surface area (TPSA) is 67.4 Å². The van der Waals surface area contributed by atoms with Crippen LogP contribution in [-0.2, 0) is 16.6 Å². The number of benzene rings is 1. The molecule has 0 unspecified atom stereocenters. The summed E-state index contributed by atoms with van der Waals surface area (Å²) in [5, 5.41) is 5.23. The molecule has 4 aliphatic rings. The van der Waals surface area contributed by atoms with Crippen LogP contribution in [0.1, 0.15) is 42.4 Å². The van der Waals surface area contributed by atoms with E-state index in [-0.39, 0.29) is 17.4 Å². The van der Waals surface area contributed by atoms with E-state index in [4.69, 9.17) is 4.74 Å². The minimum absolute atomic E-state index is 0.00575. The summed E-state index contributed by atoms with van der Waals surface area (Å²) in [6, 6.07) is 4.09. The molecule has 2 aliphatic carbocycles. The van der Waals surface area contributed by atoms with Crippen LogP contribution in [0.3, 0.4) is 0 Å². The predicted molar refractivity (Wildman–Crippen MR) is 84.2 cm³/mol. The Bertz CT molecular complexity index is 773. The average Bonchev–Trinajstić information content (AvgIpc) is 3.19. The molecular weight excluding hydrogens is 292 g/mol. The number of allylic oxidation sites excluding steroid dienone is 1. The smallest absolute Gasteiger partial charge is 0.322 e. The lowest BCUT2D eigenvalue weighted by Crippen LogP contribution is -2.51. The maximum absolute atomic E-state index is 12.1. The molecule has 2 aliphatic heterocycles. The van der Waals surface area contributed by atoms with Crippen LogP contribution in [-0.4, -0.2) is 24.1 Å². The normalized spacial score (nSPS) is 33.6. The van der Waals surface area contributed by atoms with Crippen molar-refractivity contribution in [2.75, 3.05) is 6.61 Å². The largest absolute Gasteiger partial charge is 0.493 e. The average molecular weight is 310 g/mol. The number of rotatable bonds is 0. The van der Waals surface area contributed by atoms with Crippen LogP contribution >= 0.6 is 0 Å². The lowest BCUT2D eigenvalue weighted by molar-refractivity contribution is -0.125. The lowest BCUT2D eigenvalue weighted by Gasteiger charge is -2.41. The Morgan fingerprint density at radius 1 is 1.09 bits per heavy atom. The molecule has 1 aromatic rings. The zero-order valence-electron chi connectivity index (χ0n) is 12.8. The molecule has 0 aromatic heterocycles. The number of hydrogen-bond donors (Lipinski definition) is 2. The van der Waals surface area contributed by atoms with Crippen molar-refractivity contribution in [2.45, 2.75) is 43.1 Å². The van der Waals surface area contributed by atoms with Gasteiger partial charge in [0.2, 0.25) is 0 Å². The van der Waals surface area contributed by atoms with Gasteiger partial charge in [-0.25, -0.2) is 4.79 Å². The predicted octanol–water partition coefficient (Wildman–Crippen LogP) is 2.04. The van der Waals surface area contributed by atoms with Crippen LogP contribution in [0, 0.1) is 0 Å². The molecule has 1 saturated heterocycles. The summed E-state index contributed by atoms with van der Waals surface area (Å²) < 4.78 is 5.67. The summed E-state index contributed by atoms with van der Waals surface area (Å²) in [7, 11) is 0. The summed E-state index contributed by atoms with van der Waals surface area (Å²) in [4.78, 5) is 23.6. The van der Waals surface area contributed by atoms with E-state index < -0.39 is 5.54 Å². The fourth-order valence-electron chi connectivity index (χ4n) is 4.59. The molecule has 1 saturated carbocycles. The van der Waals surface area contributed by atoms with E-state index >= 15 is 0 Å². The first kappa shape index (κ1) is 13.2. The van der Waals surface area contributed by atoms with Crippen LogP contribution < -0.4 is 15.4 Å². The molecule has 3 amide bonds. The number of fused-ring (bicyclic) bond motifs is 3. The van der Waals surface area contributed by atoms with Crippen LogP contribution in [0.5, 0.6) is 5.75 Å². The van der Waals surface area contributed by atoms with Gasteiger partial charge in [-0.1, -0.05) is 18.2 Å². The molecule has 2 fully saturated rings. The number of urea groups is 1. The molecule has 118 valence electrons. The van der Waals surface area contributed by atoms with Gasteiger partial charge in [0.15, 0.2) is 0 Å². The van der Waals surface area contributed by atoms with E-state index in [0.29, 0.717) is 12.8 Å². The Kier molecular flexibility index (Phi) is 2.38. The molecule has 2 heterocycles. The second-order valence-corrected chi connectivity index (χ2v) is 7.13. The van der Waals surface area contributed by atoms with Crippen molar-refractivity contribution in [3.63, 3.8) is 0 Å². The van der Waals surface area contributed by atoms with Gasteiger partial charge in [-0.3, -0.25) is 10.1 Å².